The Morgan fingerprint density at radius 2 is 1.66 bits per heavy atom. The average molecular weight is 455 g/mol. The lowest BCUT2D eigenvalue weighted by Gasteiger charge is -2.31. The molecule has 1 aromatic heterocycles. The van der Waals surface area contributed by atoms with Gasteiger partial charge in [0.1, 0.15) is 5.69 Å². The van der Waals surface area contributed by atoms with Gasteiger partial charge in [0.2, 0.25) is 15.9 Å². The molecule has 32 heavy (non-hydrogen) atoms. The summed E-state index contributed by atoms with van der Waals surface area (Å²) in [6.07, 6.45) is 1.14. The van der Waals surface area contributed by atoms with E-state index in [1.807, 2.05) is 30.3 Å². The van der Waals surface area contributed by atoms with E-state index < -0.39 is 15.9 Å². The van der Waals surface area contributed by atoms with Crippen molar-refractivity contribution in [1.29, 1.82) is 0 Å². The lowest BCUT2D eigenvalue weighted by molar-refractivity contribution is -0.120. The van der Waals surface area contributed by atoms with Crippen LogP contribution in [0, 0.1) is 12.8 Å². The molecule has 1 N–H and O–H groups in total. The third kappa shape index (κ3) is 4.01. The molecule has 2 heterocycles. The highest BCUT2D eigenvalue weighted by molar-refractivity contribution is 7.89. The number of para-hydroxylation sites is 1. The largest absolute Gasteiger partial charge is 0.320 e. The van der Waals surface area contributed by atoms with Crippen LogP contribution in [0.1, 0.15) is 18.5 Å². The molecule has 0 unspecified atom stereocenters. The Morgan fingerprint density at radius 3 is 2.31 bits per heavy atom. The SMILES string of the molecule is Cc1c(NC(=O)[C@@H]2CCCN(S(=O)(=O)c3ccccc3)C2)c(=O)n(-c2ccccc2)n1C. The van der Waals surface area contributed by atoms with Crippen molar-refractivity contribution in [3.8, 4) is 5.69 Å². The summed E-state index contributed by atoms with van der Waals surface area (Å²) in [7, 11) is -1.91. The van der Waals surface area contributed by atoms with Gasteiger partial charge in [-0.1, -0.05) is 36.4 Å². The van der Waals surface area contributed by atoms with Crippen LogP contribution in [0.2, 0.25) is 0 Å². The maximum Gasteiger partial charge on any atom is 0.295 e. The number of carbonyl (C=O) groups excluding carboxylic acids is 1. The van der Waals surface area contributed by atoms with Crippen LogP contribution >= 0.6 is 0 Å². The van der Waals surface area contributed by atoms with Gasteiger partial charge in [-0.15, -0.1) is 0 Å². The second-order valence-electron chi connectivity index (χ2n) is 7.94. The molecular weight excluding hydrogens is 428 g/mol. The number of anilines is 1. The summed E-state index contributed by atoms with van der Waals surface area (Å²) in [4.78, 5) is 26.3. The van der Waals surface area contributed by atoms with Crippen molar-refractivity contribution in [2.75, 3.05) is 18.4 Å². The van der Waals surface area contributed by atoms with Crippen molar-refractivity contribution in [2.45, 2.75) is 24.7 Å². The van der Waals surface area contributed by atoms with E-state index in [4.69, 9.17) is 0 Å². The predicted molar refractivity (Wildman–Crippen MR) is 122 cm³/mol. The minimum absolute atomic E-state index is 0.0851. The van der Waals surface area contributed by atoms with Gasteiger partial charge in [-0.3, -0.25) is 14.3 Å². The summed E-state index contributed by atoms with van der Waals surface area (Å²) >= 11 is 0. The fraction of sp³-hybridized carbons (Fsp3) is 0.304. The lowest BCUT2D eigenvalue weighted by atomic mass is 9.99. The molecule has 0 bridgehead atoms. The summed E-state index contributed by atoms with van der Waals surface area (Å²) in [5.74, 6) is -0.879. The highest BCUT2D eigenvalue weighted by Gasteiger charge is 2.34. The number of piperidine rings is 1. The van der Waals surface area contributed by atoms with Crippen molar-refractivity contribution in [3.63, 3.8) is 0 Å². The van der Waals surface area contributed by atoms with Gasteiger partial charge in [-0.05, 0) is 44.0 Å². The molecule has 2 aromatic carbocycles. The van der Waals surface area contributed by atoms with Crippen molar-refractivity contribution in [3.05, 3.63) is 76.7 Å². The van der Waals surface area contributed by atoms with Gasteiger partial charge in [0.05, 0.1) is 22.2 Å². The minimum atomic E-state index is -3.67. The van der Waals surface area contributed by atoms with Gasteiger partial charge in [0.25, 0.3) is 5.56 Å². The Balaban J connectivity index is 1.56. The molecule has 4 rings (SSSR count). The number of nitrogens with zero attached hydrogens (tertiary/aromatic N) is 3. The highest BCUT2D eigenvalue weighted by atomic mass is 32.2. The van der Waals surface area contributed by atoms with E-state index in [1.54, 1.807) is 49.0 Å². The molecule has 0 spiro atoms. The molecule has 168 valence electrons. The van der Waals surface area contributed by atoms with Crippen molar-refractivity contribution in [2.24, 2.45) is 13.0 Å². The molecule has 3 aromatic rings. The number of amides is 1. The summed E-state index contributed by atoms with van der Waals surface area (Å²) in [6, 6.07) is 17.4. The van der Waals surface area contributed by atoms with Crippen LogP contribution in [0.25, 0.3) is 5.69 Å². The zero-order chi connectivity index (χ0) is 22.9. The van der Waals surface area contributed by atoms with E-state index in [0.717, 1.165) is 0 Å². The summed E-state index contributed by atoms with van der Waals surface area (Å²) in [6.45, 7) is 2.22. The summed E-state index contributed by atoms with van der Waals surface area (Å²) in [5.41, 5.74) is 1.21. The quantitative estimate of drug-likeness (QED) is 0.641. The molecular formula is C23H26N4O4S. The first-order chi connectivity index (χ1) is 15.3. The van der Waals surface area contributed by atoms with Crippen molar-refractivity contribution >= 4 is 21.6 Å². The van der Waals surface area contributed by atoms with Gasteiger partial charge in [0.15, 0.2) is 0 Å². The average Bonchev–Trinajstić information content (AvgIpc) is 3.03. The number of rotatable bonds is 5. The summed E-state index contributed by atoms with van der Waals surface area (Å²) in [5, 5.41) is 2.78. The Kier molecular flexibility index (Phi) is 6.03. The molecule has 0 radical (unpaired) electrons. The van der Waals surface area contributed by atoms with Crippen LogP contribution in [0.3, 0.4) is 0 Å². The van der Waals surface area contributed by atoms with E-state index in [1.165, 1.54) is 8.99 Å². The molecule has 1 fully saturated rings. The third-order valence-corrected chi connectivity index (χ3v) is 7.82. The van der Waals surface area contributed by atoms with E-state index in [2.05, 4.69) is 5.32 Å². The van der Waals surface area contributed by atoms with Crippen LogP contribution in [0.4, 0.5) is 5.69 Å². The monoisotopic (exact) mass is 454 g/mol. The van der Waals surface area contributed by atoms with E-state index in [0.29, 0.717) is 30.8 Å². The lowest BCUT2D eigenvalue weighted by Crippen LogP contribution is -2.44. The molecule has 8 nitrogen and oxygen atoms in total. The van der Waals surface area contributed by atoms with Gasteiger partial charge in [-0.2, -0.15) is 4.31 Å². The Labute approximate surface area is 187 Å². The topological polar surface area (TPSA) is 93.4 Å². The van der Waals surface area contributed by atoms with Gasteiger partial charge in [-0.25, -0.2) is 13.1 Å². The fourth-order valence-corrected chi connectivity index (χ4v) is 5.60. The fourth-order valence-electron chi connectivity index (χ4n) is 4.05. The Morgan fingerprint density at radius 1 is 1.03 bits per heavy atom. The molecule has 1 saturated heterocycles. The number of aromatic nitrogens is 2. The number of sulfonamides is 1. The minimum Gasteiger partial charge on any atom is -0.320 e. The van der Waals surface area contributed by atoms with Crippen molar-refractivity contribution < 1.29 is 13.2 Å². The molecule has 9 heteroatoms. The van der Waals surface area contributed by atoms with Gasteiger partial charge < -0.3 is 5.32 Å². The molecule has 0 aliphatic carbocycles. The third-order valence-electron chi connectivity index (χ3n) is 5.94. The van der Waals surface area contributed by atoms with E-state index in [9.17, 15) is 18.0 Å². The van der Waals surface area contributed by atoms with Crippen LogP contribution < -0.4 is 10.9 Å². The highest BCUT2D eigenvalue weighted by Crippen LogP contribution is 2.25. The van der Waals surface area contributed by atoms with Gasteiger partial charge >= 0.3 is 0 Å². The maximum absolute atomic E-state index is 13.1. The molecule has 1 atom stereocenters. The molecule has 1 amide bonds. The second kappa shape index (κ2) is 8.76. The number of hydrogen-bond acceptors (Lipinski definition) is 4. The van der Waals surface area contributed by atoms with Crippen LogP contribution in [0.5, 0.6) is 0 Å². The van der Waals surface area contributed by atoms with Crippen LogP contribution in [0.15, 0.2) is 70.4 Å². The first kappa shape index (κ1) is 22.0. The first-order valence-corrected chi connectivity index (χ1v) is 11.9. The maximum atomic E-state index is 13.1. The van der Waals surface area contributed by atoms with E-state index in [-0.39, 0.29) is 28.6 Å². The standard InChI is InChI=1S/C23H26N4O4S/c1-17-21(23(29)27(25(17)2)19-11-5-3-6-12-19)24-22(28)18-10-9-15-26(16-18)32(30,31)20-13-7-4-8-14-20/h3-8,11-14,18H,9-10,15-16H2,1-2H3,(H,24,28)/t18-/m1/s1. The second-order valence-corrected chi connectivity index (χ2v) is 9.88. The zero-order valence-electron chi connectivity index (χ0n) is 18.1. The van der Waals surface area contributed by atoms with E-state index >= 15 is 0 Å². The number of carbonyl (C=O) groups is 1. The van der Waals surface area contributed by atoms with Crippen LogP contribution in [-0.4, -0.2) is 41.1 Å². The zero-order valence-corrected chi connectivity index (χ0v) is 18.9. The Hall–Kier alpha value is -3.17. The molecule has 1 aliphatic heterocycles. The summed E-state index contributed by atoms with van der Waals surface area (Å²) < 4.78 is 30.5. The Bertz CT molecular complexity index is 1280. The number of nitrogens with one attached hydrogen (secondary N) is 1. The first-order valence-electron chi connectivity index (χ1n) is 10.5. The van der Waals surface area contributed by atoms with Crippen molar-refractivity contribution in [1.82, 2.24) is 13.7 Å². The normalized spacial score (nSPS) is 17.2. The van der Waals surface area contributed by atoms with Crippen LogP contribution in [-0.2, 0) is 21.9 Å². The predicted octanol–water partition coefficient (Wildman–Crippen LogP) is 2.52. The molecule has 0 saturated carbocycles. The number of hydrogen-bond donors (Lipinski definition) is 1. The smallest absolute Gasteiger partial charge is 0.295 e. The number of benzene rings is 2. The van der Waals surface area contributed by atoms with Gasteiger partial charge in [0, 0.05) is 20.1 Å². The molecule has 1 aliphatic rings.